The van der Waals surface area contributed by atoms with E-state index >= 15 is 0 Å². The maximum atomic E-state index is 12.7. The lowest BCUT2D eigenvalue weighted by Gasteiger charge is -2.28. The predicted octanol–water partition coefficient (Wildman–Crippen LogP) is 3.92. The van der Waals surface area contributed by atoms with Crippen molar-refractivity contribution in [2.24, 2.45) is 0 Å². The van der Waals surface area contributed by atoms with Crippen LogP contribution in [0.3, 0.4) is 0 Å². The van der Waals surface area contributed by atoms with Gasteiger partial charge in [-0.15, -0.1) is 11.3 Å². The van der Waals surface area contributed by atoms with Crippen molar-refractivity contribution in [3.63, 3.8) is 0 Å². The van der Waals surface area contributed by atoms with Gasteiger partial charge in [-0.25, -0.2) is 4.98 Å². The third-order valence-electron chi connectivity index (χ3n) is 4.87. The van der Waals surface area contributed by atoms with E-state index in [9.17, 15) is 4.79 Å². The Morgan fingerprint density at radius 2 is 1.87 bits per heavy atom. The summed E-state index contributed by atoms with van der Waals surface area (Å²) >= 11 is 1.39. The molecule has 7 nitrogen and oxygen atoms in total. The highest BCUT2D eigenvalue weighted by Crippen LogP contribution is 2.39. The molecule has 1 aromatic heterocycles. The second-order valence-corrected chi connectivity index (χ2v) is 7.54. The number of hydrogen-bond donors (Lipinski definition) is 1. The number of nitrogens with one attached hydrogen (secondary N) is 1. The van der Waals surface area contributed by atoms with Crippen LogP contribution < -0.4 is 19.7 Å². The number of ether oxygens (including phenoxy) is 3. The average Bonchev–Trinajstić information content (AvgIpc) is 3.30. The minimum absolute atomic E-state index is 0.251. The van der Waals surface area contributed by atoms with E-state index in [2.05, 4.69) is 15.2 Å². The number of rotatable bonds is 6. The first-order chi connectivity index (χ1) is 14.7. The van der Waals surface area contributed by atoms with Crippen molar-refractivity contribution in [3.05, 3.63) is 53.5 Å². The summed E-state index contributed by atoms with van der Waals surface area (Å²) in [4.78, 5) is 19.4. The Bertz CT molecular complexity index is 1010. The van der Waals surface area contributed by atoms with Crippen LogP contribution in [0.25, 0.3) is 10.6 Å². The fourth-order valence-corrected chi connectivity index (χ4v) is 4.15. The first-order valence-corrected chi connectivity index (χ1v) is 10.5. The van der Waals surface area contributed by atoms with Crippen LogP contribution in [0.15, 0.2) is 47.8 Å². The van der Waals surface area contributed by atoms with Gasteiger partial charge in [-0.3, -0.25) is 4.79 Å². The molecule has 1 fully saturated rings. The highest BCUT2D eigenvalue weighted by atomic mass is 32.1. The van der Waals surface area contributed by atoms with E-state index < -0.39 is 0 Å². The average molecular weight is 426 g/mol. The van der Waals surface area contributed by atoms with Crippen molar-refractivity contribution in [3.8, 4) is 22.1 Å². The zero-order valence-electron chi connectivity index (χ0n) is 16.9. The van der Waals surface area contributed by atoms with Gasteiger partial charge >= 0.3 is 0 Å². The number of morpholine rings is 1. The maximum Gasteiger partial charge on any atom is 0.275 e. The summed E-state index contributed by atoms with van der Waals surface area (Å²) in [6, 6.07) is 13.4. The van der Waals surface area contributed by atoms with Gasteiger partial charge in [-0.1, -0.05) is 6.07 Å². The summed E-state index contributed by atoms with van der Waals surface area (Å²) in [6.45, 7) is 3.23. The van der Waals surface area contributed by atoms with Gasteiger partial charge in [0.15, 0.2) is 11.5 Å². The van der Waals surface area contributed by atoms with Crippen molar-refractivity contribution in [2.45, 2.75) is 0 Å². The predicted molar refractivity (Wildman–Crippen MR) is 118 cm³/mol. The van der Waals surface area contributed by atoms with E-state index in [-0.39, 0.29) is 5.91 Å². The summed E-state index contributed by atoms with van der Waals surface area (Å²) in [5.41, 5.74) is 3.00. The van der Waals surface area contributed by atoms with E-state index in [1.807, 2.05) is 42.5 Å². The van der Waals surface area contributed by atoms with Crippen LogP contribution in [-0.2, 0) is 4.74 Å². The Morgan fingerprint density at radius 3 is 2.57 bits per heavy atom. The summed E-state index contributed by atoms with van der Waals surface area (Å²) in [5, 5.41) is 5.35. The Labute approximate surface area is 179 Å². The summed E-state index contributed by atoms with van der Waals surface area (Å²) in [6.07, 6.45) is 0. The molecule has 1 aliphatic heterocycles. The van der Waals surface area contributed by atoms with Gasteiger partial charge in [0.1, 0.15) is 10.7 Å². The van der Waals surface area contributed by atoms with Crippen LogP contribution in [0, 0.1) is 0 Å². The van der Waals surface area contributed by atoms with Crippen LogP contribution in [-0.4, -0.2) is 51.4 Å². The number of nitrogens with zero attached hydrogens (tertiary/aromatic N) is 2. The van der Waals surface area contributed by atoms with Crippen LogP contribution in [0.1, 0.15) is 10.5 Å². The van der Waals surface area contributed by atoms with Gasteiger partial charge in [0, 0.05) is 29.8 Å². The monoisotopic (exact) mass is 425 g/mol. The second-order valence-electron chi connectivity index (χ2n) is 6.68. The largest absolute Gasteiger partial charge is 0.493 e. The number of para-hydroxylation sites is 1. The normalized spacial score (nSPS) is 13.7. The number of anilines is 2. The molecule has 1 N–H and O–H groups in total. The molecule has 0 radical (unpaired) electrons. The zero-order valence-corrected chi connectivity index (χ0v) is 17.7. The quantitative estimate of drug-likeness (QED) is 0.645. The number of benzene rings is 2. The maximum absolute atomic E-state index is 12.7. The van der Waals surface area contributed by atoms with Crippen molar-refractivity contribution in [2.75, 3.05) is 50.7 Å². The number of amides is 1. The molecule has 0 aliphatic carbocycles. The first-order valence-electron chi connectivity index (χ1n) is 9.60. The Morgan fingerprint density at radius 1 is 1.10 bits per heavy atom. The Kier molecular flexibility index (Phi) is 6.15. The van der Waals surface area contributed by atoms with Crippen molar-refractivity contribution in [1.29, 1.82) is 0 Å². The highest BCUT2D eigenvalue weighted by Gasteiger charge is 2.17. The summed E-state index contributed by atoms with van der Waals surface area (Å²) < 4.78 is 16.2. The second kappa shape index (κ2) is 9.15. The number of carbonyl (C=O) groups is 1. The molecule has 1 amide bonds. The fourth-order valence-electron chi connectivity index (χ4n) is 3.33. The van der Waals surface area contributed by atoms with Crippen LogP contribution in [0.2, 0.25) is 0 Å². The van der Waals surface area contributed by atoms with Crippen molar-refractivity contribution >= 4 is 28.6 Å². The molecule has 2 heterocycles. The third kappa shape index (κ3) is 4.24. The molecule has 0 saturated carbocycles. The Hall–Kier alpha value is -3.10. The molecule has 2 aromatic carbocycles. The lowest BCUT2D eigenvalue weighted by atomic mass is 10.2. The van der Waals surface area contributed by atoms with Gasteiger partial charge in [0.25, 0.3) is 5.91 Å². The molecular weight excluding hydrogens is 402 g/mol. The summed E-state index contributed by atoms with van der Waals surface area (Å²) in [5.74, 6) is 0.968. The van der Waals surface area contributed by atoms with Crippen molar-refractivity contribution < 1.29 is 19.0 Å². The standard InChI is InChI=1S/C22H23N3O4S/c1-27-19-5-3-4-17(20(19)28-2)22-24-18(14-30-22)21(26)23-15-6-8-16(9-7-15)25-10-12-29-13-11-25/h3-9,14H,10-13H2,1-2H3,(H,23,26). The molecule has 4 rings (SSSR count). The van der Waals surface area contributed by atoms with E-state index in [0.717, 1.165) is 43.2 Å². The SMILES string of the molecule is COc1cccc(-c2nc(C(=O)Nc3ccc(N4CCOCC4)cc3)cs2)c1OC. The lowest BCUT2D eigenvalue weighted by Crippen LogP contribution is -2.36. The molecule has 156 valence electrons. The minimum atomic E-state index is -0.251. The van der Waals surface area contributed by atoms with Crippen LogP contribution in [0.5, 0.6) is 11.5 Å². The topological polar surface area (TPSA) is 72.9 Å². The van der Waals surface area contributed by atoms with Crippen LogP contribution >= 0.6 is 11.3 Å². The number of hydrogen-bond acceptors (Lipinski definition) is 7. The first kappa shape index (κ1) is 20.2. The number of methoxy groups -OCH3 is 2. The molecule has 0 atom stereocenters. The molecule has 1 saturated heterocycles. The fraction of sp³-hybridized carbons (Fsp3) is 0.273. The smallest absolute Gasteiger partial charge is 0.275 e. The zero-order chi connectivity index (χ0) is 20.9. The minimum Gasteiger partial charge on any atom is -0.493 e. The van der Waals surface area contributed by atoms with Crippen molar-refractivity contribution in [1.82, 2.24) is 4.98 Å². The van der Waals surface area contributed by atoms with Gasteiger partial charge in [0.05, 0.1) is 33.0 Å². The lowest BCUT2D eigenvalue weighted by molar-refractivity contribution is 0.102. The molecular formula is C22H23N3O4S. The number of thiazole rings is 1. The molecule has 0 unspecified atom stereocenters. The molecule has 0 bridgehead atoms. The molecule has 3 aromatic rings. The van der Waals surface area contributed by atoms with Gasteiger partial charge in [-0.05, 0) is 36.4 Å². The Balaban J connectivity index is 1.47. The molecule has 30 heavy (non-hydrogen) atoms. The molecule has 8 heteroatoms. The van der Waals surface area contributed by atoms with Crippen LogP contribution in [0.4, 0.5) is 11.4 Å². The third-order valence-corrected chi connectivity index (χ3v) is 5.75. The van der Waals surface area contributed by atoms with Gasteiger partial charge in [-0.2, -0.15) is 0 Å². The molecule has 0 spiro atoms. The highest BCUT2D eigenvalue weighted by molar-refractivity contribution is 7.13. The number of carbonyl (C=O) groups excluding carboxylic acids is 1. The number of aromatic nitrogens is 1. The van der Waals surface area contributed by atoms with E-state index in [1.165, 1.54) is 11.3 Å². The van der Waals surface area contributed by atoms with E-state index in [1.54, 1.807) is 19.6 Å². The van der Waals surface area contributed by atoms with E-state index in [0.29, 0.717) is 22.2 Å². The van der Waals surface area contributed by atoms with Gasteiger partial charge in [0.2, 0.25) is 0 Å². The van der Waals surface area contributed by atoms with E-state index in [4.69, 9.17) is 14.2 Å². The summed E-state index contributed by atoms with van der Waals surface area (Å²) in [7, 11) is 3.18. The molecule has 1 aliphatic rings. The van der Waals surface area contributed by atoms with Gasteiger partial charge < -0.3 is 24.4 Å².